The largest absolute Gasteiger partial charge is 0.417 e. The van der Waals surface area contributed by atoms with Gasteiger partial charge in [-0.2, -0.15) is 13.2 Å². The number of carbonyl (C=O) groups is 1. The Morgan fingerprint density at radius 3 is 2.40 bits per heavy atom. The zero-order valence-corrected chi connectivity index (χ0v) is 10.8. The van der Waals surface area contributed by atoms with Gasteiger partial charge in [0.15, 0.2) is 0 Å². The van der Waals surface area contributed by atoms with Gasteiger partial charge in [-0.1, -0.05) is 30.0 Å². The highest BCUT2D eigenvalue weighted by atomic mass is 32.2. The summed E-state index contributed by atoms with van der Waals surface area (Å²) >= 11 is 1.01. The van der Waals surface area contributed by atoms with Crippen molar-refractivity contribution < 1.29 is 18.0 Å². The molecule has 0 atom stereocenters. The van der Waals surface area contributed by atoms with Gasteiger partial charge in [0, 0.05) is 16.0 Å². The number of hydrogen-bond donors (Lipinski definition) is 1. The number of alkyl halides is 3. The summed E-state index contributed by atoms with van der Waals surface area (Å²) in [5, 5.41) is 0. The summed E-state index contributed by atoms with van der Waals surface area (Å²) in [5.41, 5.74) is 4.04. The number of hydrogen-bond acceptors (Lipinski definition) is 3. The molecule has 0 aliphatic rings. The van der Waals surface area contributed by atoms with E-state index in [9.17, 15) is 18.0 Å². The predicted octanol–water partition coefficient (Wildman–Crippen LogP) is 3.35. The van der Waals surface area contributed by atoms with Crippen LogP contribution in [0.2, 0.25) is 0 Å². The number of rotatable bonds is 3. The Balaban J connectivity index is 2.45. The van der Waals surface area contributed by atoms with Crippen LogP contribution in [-0.2, 0) is 6.18 Å². The van der Waals surface area contributed by atoms with Gasteiger partial charge in [0.05, 0.1) is 5.56 Å². The minimum atomic E-state index is -4.52. The number of primary amides is 1. The van der Waals surface area contributed by atoms with Crippen LogP contribution in [0.15, 0.2) is 52.4 Å². The van der Waals surface area contributed by atoms with Crippen LogP contribution in [0.3, 0.4) is 0 Å². The van der Waals surface area contributed by atoms with Crippen LogP contribution in [-0.4, -0.2) is 10.9 Å². The van der Waals surface area contributed by atoms with E-state index in [0.717, 1.165) is 17.8 Å². The van der Waals surface area contributed by atoms with Crippen molar-refractivity contribution in [1.82, 2.24) is 4.98 Å². The summed E-state index contributed by atoms with van der Waals surface area (Å²) < 4.78 is 38.0. The van der Waals surface area contributed by atoms with Gasteiger partial charge < -0.3 is 5.73 Å². The molecule has 0 spiro atoms. The van der Waals surface area contributed by atoms with Gasteiger partial charge in [-0.15, -0.1) is 0 Å². The van der Waals surface area contributed by atoms with Crippen LogP contribution in [0.5, 0.6) is 0 Å². The van der Waals surface area contributed by atoms with Crippen LogP contribution >= 0.6 is 11.8 Å². The van der Waals surface area contributed by atoms with Crippen molar-refractivity contribution in [2.45, 2.75) is 16.0 Å². The minimum Gasteiger partial charge on any atom is -0.364 e. The van der Waals surface area contributed by atoms with Crippen molar-refractivity contribution >= 4 is 17.7 Å². The predicted molar refractivity (Wildman–Crippen MR) is 68.3 cm³/mol. The summed E-state index contributed by atoms with van der Waals surface area (Å²) in [6.07, 6.45) is -3.91. The number of amides is 1. The number of nitrogens with two attached hydrogens (primary N) is 1. The lowest BCUT2D eigenvalue weighted by atomic mass is 10.2. The smallest absolute Gasteiger partial charge is 0.364 e. The Hall–Kier alpha value is -2.02. The third-order valence-corrected chi connectivity index (χ3v) is 3.42. The van der Waals surface area contributed by atoms with Gasteiger partial charge in [0.2, 0.25) is 0 Å². The summed E-state index contributed by atoms with van der Waals surface area (Å²) in [4.78, 5) is 15.5. The Labute approximate surface area is 117 Å². The minimum absolute atomic E-state index is 0.0820. The van der Waals surface area contributed by atoms with Gasteiger partial charge >= 0.3 is 6.18 Å². The van der Waals surface area contributed by atoms with Gasteiger partial charge in [-0.25, -0.2) is 4.98 Å². The first-order valence-corrected chi connectivity index (χ1v) is 6.29. The molecule has 0 bridgehead atoms. The Kier molecular flexibility index (Phi) is 3.99. The Morgan fingerprint density at radius 2 is 1.85 bits per heavy atom. The van der Waals surface area contributed by atoms with Crippen molar-refractivity contribution in [3.63, 3.8) is 0 Å². The lowest BCUT2D eigenvalue weighted by molar-refractivity contribution is -0.138. The van der Waals surface area contributed by atoms with Crippen molar-refractivity contribution in [3.05, 3.63) is 53.9 Å². The molecule has 0 aliphatic heterocycles. The Bertz CT molecular complexity index is 629. The molecule has 2 N–H and O–H groups in total. The highest BCUT2D eigenvalue weighted by Crippen LogP contribution is 2.35. The molecule has 1 amide bonds. The SMILES string of the molecule is NC(=O)c1ncc(C(F)(F)F)cc1Sc1ccccc1. The number of benzene rings is 1. The van der Waals surface area contributed by atoms with Crippen LogP contribution < -0.4 is 5.73 Å². The zero-order valence-electron chi connectivity index (χ0n) is 10.0. The Morgan fingerprint density at radius 1 is 1.20 bits per heavy atom. The summed E-state index contributed by atoms with van der Waals surface area (Å²) in [5.74, 6) is -0.864. The van der Waals surface area contributed by atoms with Crippen molar-refractivity contribution in [2.75, 3.05) is 0 Å². The van der Waals surface area contributed by atoms with E-state index in [1.54, 1.807) is 30.3 Å². The van der Waals surface area contributed by atoms with E-state index in [4.69, 9.17) is 5.73 Å². The molecule has 1 aromatic heterocycles. The van der Waals surface area contributed by atoms with Crippen LogP contribution in [0, 0.1) is 0 Å². The molecule has 0 fully saturated rings. The standard InChI is InChI=1S/C13H9F3N2OS/c14-13(15,16)8-6-10(11(12(17)19)18-7-8)20-9-4-2-1-3-5-9/h1-7H,(H2,17,19). The molecule has 20 heavy (non-hydrogen) atoms. The fourth-order valence-corrected chi connectivity index (χ4v) is 2.46. The van der Waals surface area contributed by atoms with Crippen molar-refractivity contribution in [3.8, 4) is 0 Å². The highest BCUT2D eigenvalue weighted by molar-refractivity contribution is 7.99. The van der Waals surface area contributed by atoms with Crippen LogP contribution in [0.1, 0.15) is 16.1 Å². The van der Waals surface area contributed by atoms with E-state index in [-0.39, 0.29) is 10.6 Å². The fraction of sp³-hybridized carbons (Fsp3) is 0.0769. The topological polar surface area (TPSA) is 56.0 Å². The second-order valence-electron chi connectivity index (χ2n) is 3.85. The second kappa shape index (κ2) is 5.54. The lowest BCUT2D eigenvalue weighted by Gasteiger charge is -2.10. The van der Waals surface area contributed by atoms with E-state index in [2.05, 4.69) is 4.98 Å². The molecule has 0 saturated heterocycles. The maximum absolute atomic E-state index is 12.7. The molecule has 2 aromatic rings. The van der Waals surface area contributed by atoms with Gasteiger partial charge in [-0.3, -0.25) is 4.79 Å². The average Bonchev–Trinajstić information content (AvgIpc) is 2.38. The zero-order chi connectivity index (χ0) is 14.8. The molecule has 0 radical (unpaired) electrons. The van der Waals surface area contributed by atoms with Crippen molar-refractivity contribution in [2.24, 2.45) is 5.73 Å². The molecule has 3 nitrogen and oxygen atoms in total. The number of nitrogens with zero attached hydrogens (tertiary/aromatic N) is 1. The lowest BCUT2D eigenvalue weighted by Crippen LogP contribution is -2.16. The van der Waals surface area contributed by atoms with Gasteiger partial charge in [-0.05, 0) is 18.2 Å². The quantitative estimate of drug-likeness (QED) is 0.945. The average molecular weight is 298 g/mol. The van der Waals surface area contributed by atoms with E-state index >= 15 is 0 Å². The van der Waals surface area contributed by atoms with Crippen LogP contribution in [0.25, 0.3) is 0 Å². The van der Waals surface area contributed by atoms with Crippen LogP contribution in [0.4, 0.5) is 13.2 Å². The molecule has 0 unspecified atom stereocenters. The molecule has 1 heterocycles. The number of carbonyl (C=O) groups excluding carboxylic acids is 1. The summed E-state index contributed by atoms with van der Waals surface area (Å²) in [7, 11) is 0. The molecular formula is C13H9F3N2OS. The summed E-state index contributed by atoms with van der Waals surface area (Å²) in [6, 6.07) is 9.58. The summed E-state index contributed by atoms with van der Waals surface area (Å²) in [6.45, 7) is 0. The first kappa shape index (κ1) is 14.4. The highest BCUT2D eigenvalue weighted by Gasteiger charge is 2.32. The van der Waals surface area contributed by atoms with Gasteiger partial charge in [0.25, 0.3) is 5.91 Å². The molecule has 0 saturated carbocycles. The van der Waals surface area contributed by atoms with E-state index in [0.29, 0.717) is 11.1 Å². The molecular weight excluding hydrogens is 289 g/mol. The molecule has 2 rings (SSSR count). The third kappa shape index (κ3) is 3.30. The van der Waals surface area contributed by atoms with E-state index < -0.39 is 17.6 Å². The first-order valence-electron chi connectivity index (χ1n) is 5.48. The normalized spacial score (nSPS) is 11.3. The fourth-order valence-electron chi connectivity index (χ4n) is 1.48. The monoisotopic (exact) mass is 298 g/mol. The van der Waals surface area contributed by atoms with E-state index in [1.165, 1.54) is 0 Å². The molecule has 104 valence electrons. The maximum atomic E-state index is 12.7. The first-order chi connectivity index (χ1) is 9.38. The maximum Gasteiger partial charge on any atom is 0.417 e. The second-order valence-corrected chi connectivity index (χ2v) is 4.96. The molecule has 7 heteroatoms. The van der Waals surface area contributed by atoms with E-state index in [1.807, 2.05) is 0 Å². The third-order valence-electron chi connectivity index (χ3n) is 2.38. The molecule has 1 aromatic carbocycles. The molecule has 0 aliphatic carbocycles. The number of aromatic nitrogens is 1. The number of halogens is 3. The number of pyridine rings is 1. The van der Waals surface area contributed by atoms with Crippen molar-refractivity contribution in [1.29, 1.82) is 0 Å². The van der Waals surface area contributed by atoms with Gasteiger partial charge in [0.1, 0.15) is 5.69 Å².